The predicted octanol–water partition coefficient (Wildman–Crippen LogP) is 3.73. The molecule has 1 aliphatic carbocycles. The van der Waals surface area contributed by atoms with Crippen LogP contribution in [0.2, 0.25) is 0 Å². The SMILES string of the molecule is Cc1ccc(S(=O)(=O)N[C@@H](c2ccccc2)C2CC2)cc1C. The molecule has 4 heteroatoms. The van der Waals surface area contributed by atoms with Gasteiger partial charge in [0, 0.05) is 6.04 Å². The molecule has 3 rings (SSSR count). The van der Waals surface area contributed by atoms with Gasteiger partial charge in [-0.2, -0.15) is 0 Å². The van der Waals surface area contributed by atoms with Crippen molar-refractivity contribution >= 4 is 10.0 Å². The fourth-order valence-corrected chi connectivity index (χ4v) is 4.02. The van der Waals surface area contributed by atoms with Crippen LogP contribution in [0.1, 0.15) is 35.6 Å². The largest absolute Gasteiger partial charge is 0.241 e. The Morgan fingerprint density at radius 1 is 1.00 bits per heavy atom. The van der Waals surface area contributed by atoms with Crippen molar-refractivity contribution in [1.29, 1.82) is 0 Å². The number of hydrogen-bond acceptors (Lipinski definition) is 2. The lowest BCUT2D eigenvalue weighted by Crippen LogP contribution is -2.30. The predicted molar refractivity (Wildman–Crippen MR) is 88.1 cm³/mol. The summed E-state index contributed by atoms with van der Waals surface area (Å²) >= 11 is 0. The van der Waals surface area contributed by atoms with Crippen LogP contribution in [0.15, 0.2) is 53.4 Å². The van der Waals surface area contributed by atoms with Gasteiger partial charge in [-0.25, -0.2) is 13.1 Å². The molecule has 0 saturated heterocycles. The van der Waals surface area contributed by atoms with Gasteiger partial charge in [-0.3, -0.25) is 0 Å². The van der Waals surface area contributed by atoms with E-state index < -0.39 is 10.0 Å². The second kappa shape index (κ2) is 5.86. The van der Waals surface area contributed by atoms with E-state index in [0.717, 1.165) is 29.5 Å². The van der Waals surface area contributed by atoms with E-state index in [1.807, 2.05) is 50.2 Å². The van der Waals surface area contributed by atoms with E-state index in [9.17, 15) is 8.42 Å². The van der Waals surface area contributed by atoms with Crippen LogP contribution in [0.25, 0.3) is 0 Å². The Morgan fingerprint density at radius 2 is 1.68 bits per heavy atom. The maximum atomic E-state index is 12.7. The number of sulfonamides is 1. The smallest absolute Gasteiger partial charge is 0.207 e. The first-order valence-corrected chi connectivity index (χ1v) is 9.10. The van der Waals surface area contributed by atoms with Crippen LogP contribution in [0, 0.1) is 19.8 Å². The quantitative estimate of drug-likeness (QED) is 0.914. The van der Waals surface area contributed by atoms with E-state index in [2.05, 4.69) is 4.72 Å². The zero-order valence-electron chi connectivity index (χ0n) is 12.9. The second-order valence-electron chi connectivity index (χ2n) is 6.09. The maximum Gasteiger partial charge on any atom is 0.241 e. The third-order valence-corrected chi connectivity index (χ3v) is 5.76. The Balaban J connectivity index is 1.90. The molecule has 3 nitrogen and oxygen atoms in total. The molecule has 0 heterocycles. The van der Waals surface area contributed by atoms with Crippen molar-refractivity contribution in [3.63, 3.8) is 0 Å². The van der Waals surface area contributed by atoms with Crippen LogP contribution in [0.3, 0.4) is 0 Å². The Bertz CT molecular complexity index is 765. The number of nitrogens with one attached hydrogen (secondary N) is 1. The van der Waals surface area contributed by atoms with Crippen molar-refractivity contribution in [2.24, 2.45) is 5.92 Å². The minimum absolute atomic E-state index is 0.132. The van der Waals surface area contributed by atoms with Gasteiger partial charge in [0.2, 0.25) is 10.0 Å². The average Bonchev–Trinajstić information content (AvgIpc) is 3.33. The molecular formula is C18H21NO2S. The molecule has 0 bridgehead atoms. The zero-order valence-corrected chi connectivity index (χ0v) is 13.7. The number of aryl methyl sites for hydroxylation is 2. The summed E-state index contributed by atoms with van der Waals surface area (Å²) in [4.78, 5) is 0.345. The van der Waals surface area contributed by atoms with Crippen molar-refractivity contribution in [1.82, 2.24) is 4.72 Å². The molecule has 1 saturated carbocycles. The van der Waals surface area contributed by atoms with Gasteiger partial charge in [-0.15, -0.1) is 0 Å². The molecule has 0 aromatic heterocycles. The fraction of sp³-hybridized carbons (Fsp3) is 0.333. The number of benzene rings is 2. The molecule has 0 spiro atoms. The molecule has 0 unspecified atom stereocenters. The van der Waals surface area contributed by atoms with Crippen LogP contribution in [0.4, 0.5) is 0 Å². The molecular weight excluding hydrogens is 294 g/mol. The van der Waals surface area contributed by atoms with Crippen LogP contribution in [-0.4, -0.2) is 8.42 Å². The molecule has 1 fully saturated rings. The van der Waals surface area contributed by atoms with Gasteiger partial charge in [-0.1, -0.05) is 36.4 Å². The summed E-state index contributed by atoms with van der Waals surface area (Å²) in [7, 11) is -3.50. The normalized spacial score (nSPS) is 16.5. The van der Waals surface area contributed by atoms with Crippen LogP contribution < -0.4 is 4.72 Å². The summed E-state index contributed by atoms with van der Waals surface area (Å²) in [6.45, 7) is 3.92. The van der Waals surface area contributed by atoms with Gasteiger partial charge < -0.3 is 0 Å². The van der Waals surface area contributed by atoms with Crippen LogP contribution in [-0.2, 0) is 10.0 Å². The van der Waals surface area contributed by atoms with Crippen molar-refractivity contribution < 1.29 is 8.42 Å². The molecule has 2 aromatic rings. The zero-order chi connectivity index (χ0) is 15.7. The highest BCUT2D eigenvalue weighted by atomic mass is 32.2. The fourth-order valence-electron chi connectivity index (χ4n) is 2.64. The minimum Gasteiger partial charge on any atom is -0.207 e. The molecule has 116 valence electrons. The molecule has 0 aliphatic heterocycles. The highest BCUT2D eigenvalue weighted by molar-refractivity contribution is 7.89. The van der Waals surface area contributed by atoms with Crippen LogP contribution >= 0.6 is 0 Å². The van der Waals surface area contributed by atoms with Gasteiger partial charge in [0.05, 0.1) is 4.90 Å². The Morgan fingerprint density at radius 3 is 2.27 bits per heavy atom. The first-order chi connectivity index (χ1) is 10.5. The van der Waals surface area contributed by atoms with E-state index in [4.69, 9.17) is 0 Å². The lowest BCUT2D eigenvalue weighted by molar-refractivity contribution is 0.529. The summed E-state index contributed by atoms with van der Waals surface area (Å²) < 4.78 is 28.3. The Kier molecular flexibility index (Phi) is 4.06. The van der Waals surface area contributed by atoms with E-state index >= 15 is 0 Å². The number of rotatable bonds is 5. The second-order valence-corrected chi connectivity index (χ2v) is 7.81. The van der Waals surface area contributed by atoms with Gasteiger partial charge >= 0.3 is 0 Å². The molecule has 0 radical (unpaired) electrons. The highest BCUT2D eigenvalue weighted by Gasteiger charge is 2.35. The average molecular weight is 315 g/mol. The van der Waals surface area contributed by atoms with Gasteiger partial charge in [0.15, 0.2) is 0 Å². The topological polar surface area (TPSA) is 46.2 Å². The van der Waals surface area contributed by atoms with Gasteiger partial charge in [0.25, 0.3) is 0 Å². The lowest BCUT2D eigenvalue weighted by Gasteiger charge is -2.19. The molecule has 1 atom stereocenters. The van der Waals surface area contributed by atoms with E-state index in [1.54, 1.807) is 12.1 Å². The number of hydrogen-bond donors (Lipinski definition) is 1. The molecule has 22 heavy (non-hydrogen) atoms. The minimum atomic E-state index is -3.50. The van der Waals surface area contributed by atoms with E-state index in [0.29, 0.717) is 10.8 Å². The molecule has 1 aliphatic rings. The first-order valence-electron chi connectivity index (χ1n) is 7.62. The standard InChI is InChI=1S/C18H21NO2S/c1-13-8-11-17(12-14(13)2)22(20,21)19-18(16-9-10-16)15-6-4-3-5-7-15/h3-8,11-12,16,18-19H,9-10H2,1-2H3/t18-/m0/s1. The third-order valence-electron chi connectivity index (χ3n) is 4.32. The van der Waals surface area contributed by atoms with Crippen molar-refractivity contribution in [3.05, 3.63) is 65.2 Å². The van der Waals surface area contributed by atoms with Crippen molar-refractivity contribution in [2.45, 2.75) is 37.6 Å². The Hall–Kier alpha value is -1.65. The van der Waals surface area contributed by atoms with Gasteiger partial charge in [-0.05, 0) is 61.4 Å². The van der Waals surface area contributed by atoms with Gasteiger partial charge in [0.1, 0.15) is 0 Å². The van der Waals surface area contributed by atoms with E-state index in [-0.39, 0.29) is 6.04 Å². The monoisotopic (exact) mass is 315 g/mol. The molecule has 0 amide bonds. The molecule has 2 aromatic carbocycles. The lowest BCUT2D eigenvalue weighted by atomic mass is 10.0. The summed E-state index contributed by atoms with van der Waals surface area (Å²) in [6, 6.07) is 15.0. The van der Waals surface area contributed by atoms with Crippen LogP contribution in [0.5, 0.6) is 0 Å². The highest BCUT2D eigenvalue weighted by Crippen LogP contribution is 2.41. The summed E-state index contributed by atoms with van der Waals surface area (Å²) in [5.74, 6) is 0.406. The Labute approximate surface area is 132 Å². The first kappa shape index (κ1) is 15.3. The summed E-state index contributed by atoms with van der Waals surface area (Å²) in [6.07, 6.45) is 2.16. The summed E-state index contributed by atoms with van der Waals surface area (Å²) in [5.41, 5.74) is 3.13. The third kappa shape index (κ3) is 3.23. The van der Waals surface area contributed by atoms with E-state index in [1.165, 1.54) is 0 Å². The van der Waals surface area contributed by atoms with Crippen molar-refractivity contribution in [2.75, 3.05) is 0 Å². The molecule has 1 N–H and O–H groups in total. The van der Waals surface area contributed by atoms with Crippen molar-refractivity contribution in [3.8, 4) is 0 Å². The summed E-state index contributed by atoms with van der Waals surface area (Å²) in [5, 5.41) is 0. The maximum absolute atomic E-state index is 12.7.